The summed E-state index contributed by atoms with van der Waals surface area (Å²) in [6, 6.07) is 12.0. The number of carbonyl (C=O) groups is 1. The molecule has 7 heteroatoms. The number of furan rings is 1. The number of carbonyl (C=O) groups excluding carboxylic acids is 1. The second kappa shape index (κ2) is 11.6. The fourth-order valence-electron chi connectivity index (χ4n) is 2.40. The average molecular weight is 471 g/mol. The molecule has 2 N–H and O–H groups in total. The van der Waals surface area contributed by atoms with E-state index in [2.05, 4.69) is 27.8 Å². The van der Waals surface area contributed by atoms with Crippen LogP contribution in [0.5, 0.6) is 0 Å². The van der Waals surface area contributed by atoms with E-state index < -0.39 is 5.97 Å². The molecule has 0 aliphatic heterocycles. The number of hydrogen-bond acceptors (Lipinski definition) is 4. The number of methoxy groups -OCH3 is 1. The van der Waals surface area contributed by atoms with E-state index in [4.69, 9.17) is 9.15 Å². The first kappa shape index (κ1) is 22.0. The van der Waals surface area contributed by atoms with Crippen molar-refractivity contribution in [1.29, 1.82) is 0 Å². The number of ether oxygens (including phenoxy) is 1. The van der Waals surface area contributed by atoms with Crippen molar-refractivity contribution in [2.24, 2.45) is 4.99 Å². The van der Waals surface area contributed by atoms with Gasteiger partial charge in [0.1, 0.15) is 23.6 Å². The van der Waals surface area contributed by atoms with E-state index >= 15 is 0 Å². The summed E-state index contributed by atoms with van der Waals surface area (Å²) >= 11 is 0. The Morgan fingerprint density at radius 1 is 1.23 bits per heavy atom. The Kier molecular flexibility index (Phi) is 9.79. The Morgan fingerprint density at radius 3 is 2.62 bits per heavy atom. The zero-order valence-corrected chi connectivity index (χ0v) is 17.7. The van der Waals surface area contributed by atoms with Gasteiger partial charge in [-0.3, -0.25) is 0 Å². The Bertz CT molecular complexity index is 714. The van der Waals surface area contributed by atoms with E-state index in [9.17, 15) is 4.79 Å². The van der Waals surface area contributed by atoms with Crippen molar-refractivity contribution >= 4 is 35.9 Å². The predicted molar refractivity (Wildman–Crippen MR) is 113 cm³/mol. The summed E-state index contributed by atoms with van der Waals surface area (Å²) in [7, 11) is 1.35. The van der Waals surface area contributed by atoms with Crippen LogP contribution in [-0.4, -0.2) is 32.1 Å². The van der Waals surface area contributed by atoms with Gasteiger partial charge in [-0.2, -0.15) is 0 Å². The van der Waals surface area contributed by atoms with Crippen molar-refractivity contribution < 1.29 is 13.9 Å². The second-order valence-electron chi connectivity index (χ2n) is 5.53. The third-order valence-corrected chi connectivity index (χ3v) is 3.66. The smallest absolute Gasteiger partial charge is 0.341 e. The van der Waals surface area contributed by atoms with Crippen molar-refractivity contribution in [3.05, 3.63) is 59.0 Å². The maximum atomic E-state index is 11.6. The Morgan fingerprint density at radius 2 is 1.96 bits per heavy atom. The maximum absolute atomic E-state index is 11.6. The fraction of sp³-hybridized carbons (Fsp3) is 0.368. The molecule has 0 saturated carbocycles. The number of aryl methyl sites for hydroxylation is 1. The van der Waals surface area contributed by atoms with E-state index in [1.807, 2.05) is 25.1 Å². The Balaban J connectivity index is 0.00000338. The molecule has 0 radical (unpaired) electrons. The van der Waals surface area contributed by atoms with Gasteiger partial charge in [0.2, 0.25) is 0 Å². The molecule has 0 fully saturated rings. The monoisotopic (exact) mass is 471 g/mol. The third kappa shape index (κ3) is 6.70. The molecule has 0 amide bonds. The van der Waals surface area contributed by atoms with E-state index in [-0.39, 0.29) is 24.0 Å². The molecule has 26 heavy (non-hydrogen) atoms. The number of rotatable bonds is 7. The largest absolute Gasteiger partial charge is 0.465 e. The first-order valence-corrected chi connectivity index (χ1v) is 8.37. The van der Waals surface area contributed by atoms with Crippen LogP contribution in [0.2, 0.25) is 0 Å². The van der Waals surface area contributed by atoms with Crippen molar-refractivity contribution in [2.75, 3.05) is 20.2 Å². The molecule has 0 bridgehead atoms. The SMILES string of the molecule is CCNC(=NCc1cc(C(=O)OC)c(C)o1)NCCc1ccccc1.I. The van der Waals surface area contributed by atoms with Crippen LogP contribution in [0.3, 0.4) is 0 Å². The van der Waals surface area contributed by atoms with Crippen LogP contribution in [0.4, 0.5) is 0 Å². The van der Waals surface area contributed by atoms with Gasteiger partial charge in [-0.15, -0.1) is 24.0 Å². The number of esters is 1. The van der Waals surface area contributed by atoms with Gasteiger partial charge in [-0.25, -0.2) is 9.79 Å². The van der Waals surface area contributed by atoms with Gasteiger partial charge in [-0.1, -0.05) is 30.3 Å². The standard InChI is InChI=1S/C19H25N3O3.HI/c1-4-20-19(21-11-10-15-8-6-5-7-9-15)22-13-16-12-17(14(2)25-16)18(23)24-3;/h5-9,12H,4,10-11,13H2,1-3H3,(H2,20,21,22);1H. The third-order valence-electron chi connectivity index (χ3n) is 3.66. The van der Waals surface area contributed by atoms with E-state index in [1.54, 1.807) is 13.0 Å². The van der Waals surface area contributed by atoms with Gasteiger partial charge in [0.05, 0.1) is 7.11 Å². The van der Waals surface area contributed by atoms with E-state index in [0.29, 0.717) is 29.6 Å². The Hall–Kier alpha value is -2.03. The molecule has 1 aromatic heterocycles. The second-order valence-corrected chi connectivity index (χ2v) is 5.53. The van der Waals surface area contributed by atoms with Crippen LogP contribution in [0.1, 0.15) is 34.4 Å². The summed E-state index contributed by atoms with van der Waals surface area (Å²) in [4.78, 5) is 16.1. The van der Waals surface area contributed by atoms with Crippen molar-refractivity contribution in [2.45, 2.75) is 26.8 Å². The highest BCUT2D eigenvalue weighted by Gasteiger charge is 2.15. The predicted octanol–water partition coefficient (Wildman–Crippen LogP) is 3.29. The summed E-state index contributed by atoms with van der Waals surface area (Å²) in [5, 5.41) is 6.50. The highest BCUT2D eigenvalue weighted by Crippen LogP contribution is 2.16. The minimum atomic E-state index is -0.399. The molecule has 1 heterocycles. The highest BCUT2D eigenvalue weighted by atomic mass is 127. The van der Waals surface area contributed by atoms with Gasteiger partial charge in [0.15, 0.2) is 5.96 Å². The van der Waals surface area contributed by atoms with E-state index in [1.165, 1.54) is 12.7 Å². The number of benzene rings is 1. The zero-order valence-electron chi connectivity index (χ0n) is 15.4. The molecule has 6 nitrogen and oxygen atoms in total. The number of guanidine groups is 1. The molecule has 0 unspecified atom stereocenters. The van der Waals surface area contributed by atoms with Crippen LogP contribution >= 0.6 is 24.0 Å². The topological polar surface area (TPSA) is 75.9 Å². The molecule has 0 aliphatic rings. The molecule has 2 rings (SSSR count). The van der Waals surface area contributed by atoms with Gasteiger partial charge in [-0.05, 0) is 31.9 Å². The minimum absolute atomic E-state index is 0. The number of halogens is 1. The molecule has 1 aromatic carbocycles. The fourth-order valence-corrected chi connectivity index (χ4v) is 2.40. The lowest BCUT2D eigenvalue weighted by Gasteiger charge is -2.10. The van der Waals surface area contributed by atoms with Crippen LogP contribution in [0.15, 0.2) is 45.8 Å². The lowest BCUT2D eigenvalue weighted by Crippen LogP contribution is -2.38. The molecular formula is C19H26IN3O3. The quantitative estimate of drug-likeness (QED) is 0.281. The lowest BCUT2D eigenvalue weighted by atomic mass is 10.1. The first-order valence-electron chi connectivity index (χ1n) is 8.37. The lowest BCUT2D eigenvalue weighted by molar-refractivity contribution is 0.0599. The molecule has 0 spiro atoms. The zero-order chi connectivity index (χ0) is 18.1. The first-order chi connectivity index (χ1) is 12.1. The summed E-state index contributed by atoms with van der Waals surface area (Å²) in [6.45, 7) is 5.64. The van der Waals surface area contributed by atoms with Crippen LogP contribution in [0, 0.1) is 6.92 Å². The molecule has 0 atom stereocenters. The number of aliphatic imine (C=N–C) groups is 1. The van der Waals surface area contributed by atoms with Crippen LogP contribution < -0.4 is 10.6 Å². The molecule has 2 aromatic rings. The van der Waals surface area contributed by atoms with Gasteiger partial charge >= 0.3 is 5.97 Å². The summed E-state index contributed by atoms with van der Waals surface area (Å²) in [5.41, 5.74) is 1.71. The summed E-state index contributed by atoms with van der Waals surface area (Å²) < 4.78 is 10.3. The van der Waals surface area contributed by atoms with E-state index in [0.717, 1.165) is 19.5 Å². The maximum Gasteiger partial charge on any atom is 0.341 e. The molecule has 0 aliphatic carbocycles. The number of nitrogens with zero attached hydrogens (tertiary/aromatic N) is 1. The summed E-state index contributed by atoms with van der Waals surface area (Å²) in [6.07, 6.45) is 0.914. The minimum Gasteiger partial charge on any atom is -0.465 e. The summed E-state index contributed by atoms with van der Waals surface area (Å²) in [5.74, 6) is 1.48. The van der Waals surface area contributed by atoms with Crippen molar-refractivity contribution in [1.82, 2.24) is 10.6 Å². The molecular weight excluding hydrogens is 445 g/mol. The molecule has 142 valence electrons. The molecule has 0 saturated heterocycles. The van der Waals surface area contributed by atoms with Gasteiger partial charge in [0, 0.05) is 13.1 Å². The van der Waals surface area contributed by atoms with Crippen LogP contribution in [-0.2, 0) is 17.7 Å². The van der Waals surface area contributed by atoms with Crippen molar-refractivity contribution in [3.8, 4) is 0 Å². The number of nitrogens with one attached hydrogen (secondary N) is 2. The van der Waals surface area contributed by atoms with Gasteiger partial charge in [0.25, 0.3) is 0 Å². The van der Waals surface area contributed by atoms with Gasteiger partial charge < -0.3 is 19.8 Å². The highest BCUT2D eigenvalue weighted by molar-refractivity contribution is 14.0. The Labute approximate surface area is 171 Å². The van der Waals surface area contributed by atoms with Crippen LogP contribution in [0.25, 0.3) is 0 Å². The number of hydrogen-bond donors (Lipinski definition) is 2. The van der Waals surface area contributed by atoms with Crippen molar-refractivity contribution in [3.63, 3.8) is 0 Å². The normalized spacial score (nSPS) is 10.8. The average Bonchev–Trinajstić information content (AvgIpc) is 3.00.